The van der Waals surface area contributed by atoms with Crippen LogP contribution in [0.4, 0.5) is 5.82 Å². The number of carbonyl (C=O) groups excluding carboxylic acids is 1. The predicted octanol–water partition coefficient (Wildman–Crippen LogP) is 2.84. The maximum absolute atomic E-state index is 12.5. The van der Waals surface area contributed by atoms with E-state index in [0.717, 1.165) is 43.9 Å². The van der Waals surface area contributed by atoms with Crippen LogP contribution in [0.2, 0.25) is 0 Å². The highest BCUT2D eigenvalue weighted by atomic mass is 16.2. The van der Waals surface area contributed by atoms with Crippen molar-refractivity contribution < 1.29 is 4.79 Å². The van der Waals surface area contributed by atoms with Crippen LogP contribution in [0.3, 0.4) is 0 Å². The van der Waals surface area contributed by atoms with Crippen molar-refractivity contribution in [1.29, 1.82) is 0 Å². The molecule has 1 N–H and O–H groups in total. The molecule has 1 fully saturated rings. The van der Waals surface area contributed by atoms with Gasteiger partial charge in [0.1, 0.15) is 5.82 Å². The number of hydrogen-bond donors (Lipinski definition) is 1. The maximum atomic E-state index is 12.5. The third-order valence-corrected chi connectivity index (χ3v) is 4.85. The van der Waals surface area contributed by atoms with Crippen LogP contribution in [-0.4, -0.2) is 47.0 Å². The van der Waals surface area contributed by atoms with Gasteiger partial charge in [-0.05, 0) is 41.6 Å². The summed E-state index contributed by atoms with van der Waals surface area (Å²) in [7, 11) is 0. The zero-order valence-corrected chi connectivity index (χ0v) is 14.2. The standard InChI is InChI=1S/C20H22N4O/c25-20(7-5-16-4-6-17-8-10-21-18(17)15-16)24-13-11-23(12-14-24)19-3-1-2-9-22-19/h1-4,6,8-10,15,21H,5,7,11-14H2. The predicted molar refractivity (Wildman–Crippen MR) is 99.6 cm³/mol. The molecule has 1 saturated heterocycles. The molecule has 4 rings (SSSR count). The molecule has 25 heavy (non-hydrogen) atoms. The Kier molecular flexibility index (Phi) is 4.37. The fraction of sp³-hybridized carbons (Fsp3) is 0.300. The zero-order valence-electron chi connectivity index (χ0n) is 14.2. The highest BCUT2D eigenvalue weighted by molar-refractivity contribution is 5.80. The van der Waals surface area contributed by atoms with Gasteiger partial charge in [0.05, 0.1) is 0 Å². The number of nitrogens with zero attached hydrogens (tertiary/aromatic N) is 3. The highest BCUT2D eigenvalue weighted by Crippen LogP contribution is 2.17. The highest BCUT2D eigenvalue weighted by Gasteiger charge is 2.21. The molecule has 0 atom stereocenters. The van der Waals surface area contributed by atoms with E-state index < -0.39 is 0 Å². The monoisotopic (exact) mass is 334 g/mol. The molecule has 5 nitrogen and oxygen atoms in total. The van der Waals surface area contributed by atoms with Crippen LogP contribution in [0, 0.1) is 0 Å². The molecule has 0 saturated carbocycles. The van der Waals surface area contributed by atoms with Crippen molar-refractivity contribution >= 4 is 22.6 Å². The molecule has 0 radical (unpaired) electrons. The summed E-state index contributed by atoms with van der Waals surface area (Å²) < 4.78 is 0. The van der Waals surface area contributed by atoms with Crippen LogP contribution < -0.4 is 4.90 Å². The molecular weight excluding hydrogens is 312 g/mol. The van der Waals surface area contributed by atoms with Gasteiger partial charge < -0.3 is 14.8 Å². The molecule has 128 valence electrons. The third kappa shape index (κ3) is 3.50. The van der Waals surface area contributed by atoms with E-state index in [9.17, 15) is 4.79 Å². The van der Waals surface area contributed by atoms with Crippen molar-refractivity contribution in [3.63, 3.8) is 0 Å². The lowest BCUT2D eigenvalue weighted by molar-refractivity contribution is -0.131. The topological polar surface area (TPSA) is 52.2 Å². The lowest BCUT2D eigenvalue weighted by Crippen LogP contribution is -2.49. The first kappa shape index (κ1) is 15.7. The van der Waals surface area contributed by atoms with Gasteiger partial charge in [-0.2, -0.15) is 0 Å². The Balaban J connectivity index is 1.30. The van der Waals surface area contributed by atoms with Gasteiger partial charge in [-0.15, -0.1) is 0 Å². The molecule has 1 amide bonds. The van der Waals surface area contributed by atoms with Crippen molar-refractivity contribution in [2.45, 2.75) is 12.8 Å². The molecule has 2 aromatic heterocycles. The van der Waals surface area contributed by atoms with Crippen LogP contribution in [0.15, 0.2) is 54.9 Å². The number of amides is 1. The maximum Gasteiger partial charge on any atom is 0.223 e. The number of aromatic nitrogens is 2. The second-order valence-corrected chi connectivity index (χ2v) is 6.46. The van der Waals surface area contributed by atoms with Gasteiger partial charge in [-0.1, -0.05) is 18.2 Å². The molecule has 0 unspecified atom stereocenters. The summed E-state index contributed by atoms with van der Waals surface area (Å²) in [6, 6.07) is 14.4. The molecule has 0 bridgehead atoms. The van der Waals surface area contributed by atoms with Gasteiger partial charge in [0.25, 0.3) is 0 Å². The number of aromatic amines is 1. The summed E-state index contributed by atoms with van der Waals surface area (Å²) in [5, 5.41) is 1.21. The molecule has 1 aromatic carbocycles. The minimum absolute atomic E-state index is 0.243. The number of hydrogen-bond acceptors (Lipinski definition) is 3. The number of pyridine rings is 1. The molecule has 5 heteroatoms. The van der Waals surface area contributed by atoms with Crippen LogP contribution in [0.25, 0.3) is 10.9 Å². The number of fused-ring (bicyclic) bond motifs is 1. The summed E-state index contributed by atoms with van der Waals surface area (Å²) in [5.41, 5.74) is 2.34. The molecule has 0 aliphatic carbocycles. The van der Waals surface area contributed by atoms with Crippen LogP contribution in [-0.2, 0) is 11.2 Å². The van der Waals surface area contributed by atoms with E-state index in [1.165, 1.54) is 10.9 Å². The molecule has 3 heterocycles. The average Bonchev–Trinajstić information content (AvgIpc) is 3.15. The number of anilines is 1. The van der Waals surface area contributed by atoms with Crippen molar-refractivity contribution in [3.05, 3.63) is 60.4 Å². The van der Waals surface area contributed by atoms with Gasteiger partial charge in [0, 0.05) is 50.5 Å². The van der Waals surface area contributed by atoms with E-state index in [1.807, 2.05) is 35.5 Å². The lowest BCUT2D eigenvalue weighted by atomic mass is 10.1. The van der Waals surface area contributed by atoms with E-state index in [4.69, 9.17) is 0 Å². The minimum atomic E-state index is 0.243. The molecule has 3 aromatic rings. The first-order valence-electron chi connectivity index (χ1n) is 8.79. The lowest BCUT2D eigenvalue weighted by Gasteiger charge is -2.35. The number of rotatable bonds is 4. The summed E-state index contributed by atoms with van der Waals surface area (Å²) in [5.74, 6) is 1.24. The van der Waals surface area contributed by atoms with Gasteiger partial charge >= 0.3 is 0 Å². The summed E-state index contributed by atoms with van der Waals surface area (Å²) >= 11 is 0. The smallest absolute Gasteiger partial charge is 0.223 e. The zero-order chi connectivity index (χ0) is 17.1. The second kappa shape index (κ2) is 6.97. The number of benzene rings is 1. The number of nitrogens with one attached hydrogen (secondary N) is 1. The van der Waals surface area contributed by atoms with Crippen LogP contribution in [0.1, 0.15) is 12.0 Å². The normalized spacial score (nSPS) is 14.9. The molecule has 1 aliphatic heterocycles. The van der Waals surface area contributed by atoms with E-state index in [-0.39, 0.29) is 5.91 Å². The third-order valence-electron chi connectivity index (χ3n) is 4.85. The summed E-state index contributed by atoms with van der Waals surface area (Å²) in [6.07, 6.45) is 5.11. The van der Waals surface area contributed by atoms with E-state index in [1.54, 1.807) is 0 Å². The Hall–Kier alpha value is -2.82. The Bertz CT molecular complexity index is 850. The number of aryl methyl sites for hydroxylation is 1. The second-order valence-electron chi connectivity index (χ2n) is 6.46. The SMILES string of the molecule is O=C(CCc1ccc2cc[nH]c2c1)N1CCN(c2ccccn2)CC1. The molecular formula is C20H22N4O. The first-order chi connectivity index (χ1) is 12.3. The van der Waals surface area contributed by atoms with Crippen LogP contribution in [0.5, 0.6) is 0 Å². The van der Waals surface area contributed by atoms with Crippen molar-refractivity contribution in [1.82, 2.24) is 14.9 Å². The Labute approximate surface area is 147 Å². The molecule has 1 aliphatic rings. The Morgan fingerprint density at radius 2 is 1.96 bits per heavy atom. The summed E-state index contributed by atoms with van der Waals surface area (Å²) in [4.78, 5) is 24.3. The van der Waals surface area contributed by atoms with Crippen molar-refractivity contribution in [3.8, 4) is 0 Å². The van der Waals surface area contributed by atoms with Gasteiger partial charge in [0.2, 0.25) is 5.91 Å². The Morgan fingerprint density at radius 3 is 2.76 bits per heavy atom. The minimum Gasteiger partial charge on any atom is -0.361 e. The number of H-pyrrole nitrogens is 1. The van der Waals surface area contributed by atoms with Crippen molar-refractivity contribution in [2.75, 3.05) is 31.1 Å². The molecule has 0 spiro atoms. The van der Waals surface area contributed by atoms with E-state index in [0.29, 0.717) is 6.42 Å². The fourth-order valence-electron chi connectivity index (χ4n) is 3.39. The van der Waals surface area contributed by atoms with Crippen LogP contribution >= 0.6 is 0 Å². The largest absolute Gasteiger partial charge is 0.361 e. The van der Waals surface area contributed by atoms with Gasteiger partial charge in [0.15, 0.2) is 0 Å². The quantitative estimate of drug-likeness (QED) is 0.798. The summed E-state index contributed by atoms with van der Waals surface area (Å²) in [6.45, 7) is 3.23. The number of piperazine rings is 1. The van der Waals surface area contributed by atoms with Gasteiger partial charge in [-0.3, -0.25) is 4.79 Å². The van der Waals surface area contributed by atoms with Gasteiger partial charge in [-0.25, -0.2) is 4.98 Å². The van der Waals surface area contributed by atoms with Crippen molar-refractivity contribution in [2.24, 2.45) is 0 Å². The average molecular weight is 334 g/mol. The Morgan fingerprint density at radius 1 is 1.08 bits per heavy atom. The van der Waals surface area contributed by atoms with E-state index in [2.05, 4.69) is 39.1 Å². The first-order valence-corrected chi connectivity index (χ1v) is 8.79. The number of carbonyl (C=O) groups is 1. The van der Waals surface area contributed by atoms with E-state index >= 15 is 0 Å². The fourth-order valence-corrected chi connectivity index (χ4v) is 3.39.